The Hall–Kier alpha value is -2.55. The summed E-state index contributed by atoms with van der Waals surface area (Å²) < 4.78 is 5.06. The van der Waals surface area contributed by atoms with Crippen molar-refractivity contribution in [2.24, 2.45) is 11.8 Å². The van der Waals surface area contributed by atoms with E-state index in [1.54, 1.807) is 13.8 Å². The first kappa shape index (κ1) is 22.1. The number of rotatable bonds is 7. The van der Waals surface area contributed by atoms with Crippen molar-refractivity contribution in [2.75, 3.05) is 18.5 Å². The van der Waals surface area contributed by atoms with Crippen molar-refractivity contribution >= 4 is 45.8 Å². The zero-order chi connectivity index (χ0) is 22.0. The third-order valence-corrected chi connectivity index (χ3v) is 7.00. The predicted molar refractivity (Wildman–Crippen MR) is 110 cm³/mol. The molecule has 3 amide bonds. The zero-order valence-electron chi connectivity index (χ0n) is 17.4. The van der Waals surface area contributed by atoms with Gasteiger partial charge in [-0.25, -0.2) is 4.79 Å². The van der Waals surface area contributed by atoms with Crippen LogP contribution in [0.25, 0.3) is 0 Å². The molecule has 1 aliphatic carbocycles. The van der Waals surface area contributed by atoms with E-state index in [4.69, 9.17) is 4.74 Å². The highest BCUT2D eigenvalue weighted by Crippen LogP contribution is 2.38. The van der Waals surface area contributed by atoms with Gasteiger partial charge in [0.1, 0.15) is 5.00 Å². The minimum Gasteiger partial charge on any atom is -0.462 e. The van der Waals surface area contributed by atoms with E-state index in [9.17, 15) is 24.0 Å². The average Bonchev–Trinajstić information content (AvgIpc) is 3.15. The molecule has 1 aliphatic heterocycles. The molecule has 1 saturated heterocycles. The summed E-state index contributed by atoms with van der Waals surface area (Å²) >= 11 is 1.02. The van der Waals surface area contributed by atoms with Gasteiger partial charge < -0.3 is 10.1 Å². The van der Waals surface area contributed by atoms with E-state index in [0.29, 0.717) is 10.4 Å². The van der Waals surface area contributed by atoms with E-state index >= 15 is 0 Å². The highest BCUT2D eigenvalue weighted by atomic mass is 32.1. The van der Waals surface area contributed by atoms with Gasteiger partial charge in [-0.15, -0.1) is 11.3 Å². The standard InChI is InChI=1S/C21H26N2O6S/c1-4-29-21(28)16-11(2)17(12(3)24)30-18(16)22-15(25)9-10-23-19(26)13-7-5-6-8-14(13)20(23)27/h13-14H,4-10H2,1-3H3,(H,22,25)/t13-,14-/m1/s1. The van der Waals surface area contributed by atoms with E-state index in [1.807, 2.05) is 0 Å². The van der Waals surface area contributed by atoms with Crippen LogP contribution in [0.4, 0.5) is 5.00 Å². The number of imide groups is 1. The number of carbonyl (C=O) groups excluding carboxylic acids is 5. The first-order chi connectivity index (χ1) is 14.3. The van der Waals surface area contributed by atoms with Crippen LogP contribution in [0.3, 0.4) is 0 Å². The van der Waals surface area contributed by atoms with Crippen LogP contribution in [-0.4, -0.2) is 47.5 Å². The molecular formula is C21H26N2O6S. The van der Waals surface area contributed by atoms with Crippen molar-refractivity contribution < 1.29 is 28.7 Å². The second-order valence-corrected chi connectivity index (χ2v) is 8.68. The van der Waals surface area contributed by atoms with Gasteiger partial charge in [0.05, 0.1) is 28.9 Å². The maximum atomic E-state index is 12.5. The lowest BCUT2D eigenvalue weighted by molar-refractivity contribution is -0.140. The highest BCUT2D eigenvalue weighted by Gasteiger charge is 2.47. The number of carbonyl (C=O) groups is 5. The second-order valence-electron chi connectivity index (χ2n) is 7.66. The summed E-state index contributed by atoms with van der Waals surface area (Å²) in [4.78, 5) is 63.4. The SMILES string of the molecule is CCOC(=O)c1c(NC(=O)CCN2C(=O)[C@@H]3CCCC[C@H]3C2=O)sc(C(C)=O)c1C. The fourth-order valence-corrected chi connectivity index (χ4v) is 5.35. The molecule has 3 rings (SSSR count). The van der Waals surface area contributed by atoms with Crippen LogP contribution >= 0.6 is 11.3 Å². The molecule has 9 heteroatoms. The number of esters is 1. The van der Waals surface area contributed by atoms with Crippen molar-refractivity contribution in [2.45, 2.75) is 52.9 Å². The summed E-state index contributed by atoms with van der Waals surface area (Å²) in [5.41, 5.74) is 0.634. The molecule has 1 aromatic rings. The number of nitrogens with one attached hydrogen (secondary N) is 1. The smallest absolute Gasteiger partial charge is 0.341 e. The van der Waals surface area contributed by atoms with Gasteiger partial charge in [-0.1, -0.05) is 12.8 Å². The largest absolute Gasteiger partial charge is 0.462 e. The highest BCUT2D eigenvalue weighted by molar-refractivity contribution is 7.18. The number of ketones is 1. The van der Waals surface area contributed by atoms with Gasteiger partial charge in [0, 0.05) is 13.0 Å². The van der Waals surface area contributed by atoms with Gasteiger partial charge in [0.2, 0.25) is 17.7 Å². The number of nitrogens with zero attached hydrogens (tertiary/aromatic N) is 1. The predicted octanol–water partition coefficient (Wildman–Crippen LogP) is 2.94. The van der Waals surface area contributed by atoms with Crippen molar-refractivity contribution in [3.8, 4) is 0 Å². The van der Waals surface area contributed by atoms with E-state index < -0.39 is 11.9 Å². The lowest BCUT2D eigenvalue weighted by atomic mass is 9.81. The maximum Gasteiger partial charge on any atom is 0.341 e. The zero-order valence-corrected chi connectivity index (χ0v) is 18.2. The molecule has 0 unspecified atom stereocenters. The van der Waals surface area contributed by atoms with Crippen LogP contribution < -0.4 is 5.32 Å². The number of ether oxygens (including phenoxy) is 1. The molecule has 2 fully saturated rings. The molecule has 0 bridgehead atoms. The Kier molecular flexibility index (Phi) is 6.70. The van der Waals surface area contributed by atoms with Gasteiger partial charge in [0.15, 0.2) is 5.78 Å². The van der Waals surface area contributed by atoms with Gasteiger partial charge in [0.25, 0.3) is 0 Å². The topological polar surface area (TPSA) is 110 Å². The molecule has 162 valence electrons. The number of Topliss-reactive ketones (excluding diaryl/α,β-unsaturated/α-hetero) is 1. The molecule has 2 heterocycles. The van der Waals surface area contributed by atoms with Crippen LogP contribution in [0.2, 0.25) is 0 Å². The molecule has 2 atom stereocenters. The van der Waals surface area contributed by atoms with E-state index in [-0.39, 0.29) is 59.6 Å². The molecule has 30 heavy (non-hydrogen) atoms. The Balaban J connectivity index is 1.70. The first-order valence-corrected chi connectivity index (χ1v) is 11.0. The number of amides is 3. The lowest BCUT2D eigenvalue weighted by Gasteiger charge is -2.19. The van der Waals surface area contributed by atoms with Gasteiger partial charge in [-0.2, -0.15) is 0 Å². The molecule has 1 N–H and O–H groups in total. The third kappa shape index (κ3) is 4.16. The summed E-state index contributed by atoms with van der Waals surface area (Å²) in [5.74, 6) is -2.12. The van der Waals surface area contributed by atoms with Crippen LogP contribution in [0.1, 0.15) is 71.5 Å². The van der Waals surface area contributed by atoms with Crippen molar-refractivity contribution in [1.82, 2.24) is 4.90 Å². The Morgan fingerprint density at radius 2 is 1.73 bits per heavy atom. The molecule has 2 aliphatic rings. The Morgan fingerprint density at radius 1 is 1.13 bits per heavy atom. The number of likely N-dealkylation sites (tertiary alicyclic amines) is 1. The fraction of sp³-hybridized carbons (Fsp3) is 0.571. The summed E-state index contributed by atoms with van der Waals surface area (Å²) in [6, 6.07) is 0. The molecular weight excluding hydrogens is 408 g/mol. The quantitative estimate of drug-likeness (QED) is 0.401. The van der Waals surface area contributed by atoms with Crippen molar-refractivity contribution in [1.29, 1.82) is 0 Å². The van der Waals surface area contributed by atoms with E-state index in [2.05, 4.69) is 5.32 Å². The van der Waals surface area contributed by atoms with Gasteiger partial charge >= 0.3 is 5.97 Å². The van der Waals surface area contributed by atoms with Gasteiger partial charge in [-0.3, -0.25) is 24.1 Å². The van der Waals surface area contributed by atoms with Crippen molar-refractivity contribution in [3.05, 3.63) is 16.0 Å². The average molecular weight is 435 g/mol. The molecule has 1 saturated carbocycles. The van der Waals surface area contributed by atoms with Crippen molar-refractivity contribution in [3.63, 3.8) is 0 Å². The minimum absolute atomic E-state index is 0.00909. The van der Waals surface area contributed by atoms with E-state index in [1.165, 1.54) is 11.8 Å². The number of anilines is 1. The lowest BCUT2D eigenvalue weighted by Crippen LogP contribution is -2.34. The van der Waals surface area contributed by atoms with E-state index in [0.717, 1.165) is 37.0 Å². The summed E-state index contributed by atoms with van der Waals surface area (Å²) in [6.07, 6.45) is 3.26. The number of thiophene rings is 1. The summed E-state index contributed by atoms with van der Waals surface area (Å²) in [6.45, 7) is 4.88. The maximum absolute atomic E-state index is 12.5. The van der Waals surface area contributed by atoms with Crippen LogP contribution in [0, 0.1) is 18.8 Å². The van der Waals surface area contributed by atoms with Gasteiger partial charge in [-0.05, 0) is 39.2 Å². The number of hydrogen-bond donors (Lipinski definition) is 1. The monoisotopic (exact) mass is 434 g/mol. The molecule has 1 aromatic heterocycles. The van der Waals surface area contributed by atoms with Crippen LogP contribution in [-0.2, 0) is 19.1 Å². The minimum atomic E-state index is -0.608. The normalized spacial score (nSPS) is 20.8. The third-order valence-electron chi connectivity index (χ3n) is 5.69. The first-order valence-electron chi connectivity index (χ1n) is 10.2. The Bertz CT molecular complexity index is 882. The fourth-order valence-electron chi connectivity index (χ4n) is 4.24. The Morgan fingerprint density at radius 3 is 2.27 bits per heavy atom. The summed E-state index contributed by atoms with van der Waals surface area (Å²) in [7, 11) is 0. The molecule has 0 radical (unpaired) electrons. The number of hydrogen-bond acceptors (Lipinski definition) is 7. The second kappa shape index (κ2) is 9.07. The molecule has 0 aromatic carbocycles. The van der Waals surface area contributed by atoms with Crippen LogP contribution in [0.15, 0.2) is 0 Å². The molecule has 0 spiro atoms. The summed E-state index contributed by atoms with van der Waals surface area (Å²) in [5, 5.41) is 2.90. The molecule has 8 nitrogen and oxygen atoms in total. The Labute approximate surface area is 178 Å². The van der Waals surface area contributed by atoms with Crippen LogP contribution in [0.5, 0.6) is 0 Å². The number of fused-ring (bicyclic) bond motifs is 1.